The van der Waals surface area contributed by atoms with Gasteiger partial charge in [-0.25, -0.2) is 4.57 Å². The number of carbonyl (C=O) groups is 1. The third-order valence-electron chi connectivity index (χ3n) is 12.4. The van der Waals surface area contributed by atoms with Gasteiger partial charge in [-0.1, -0.05) is 258 Å². The maximum atomic E-state index is 12.8. The van der Waals surface area contributed by atoms with E-state index in [1.807, 2.05) is 21.1 Å². The van der Waals surface area contributed by atoms with E-state index in [1.54, 1.807) is 0 Å². The van der Waals surface area contributed by atoms with E-state index in [2.05, 4.69) is 13.8 Å². The zero-order valence-corrected chi connectivity index (χ0v) is 43.3. The summed E-state index contributed by atoms with van der Waals surface area (Å²) >= 11 is 0. The molecule has 2 atom stereocenters. The van der Waals surface area contributed by atoms with E-state index < -0.39 is 13.9 Å². The summed E-state index contributed by atoms with van der Waals surface area (Å²) in [5.74, 6) is -0.304. The minimum Gasteiger partial charge on any atom is -0.457 e. The van der Waals surface area contributed by atoms with E-state index in [0.29, 0.717) is 24.1 Å². The first-order chi connectivity index (χ1) is 30.1. The third kappa shape index (κ3) is 50.5. The number of carbonyl (C=O) groups excluding carboxylic acids is 1. The van der Waals surface area contributed by atoms with Gasteiger partial charge in [0.25, 0.3) is 0 Å². The lowest BCUT2D eigenvalue weighted by Crippen LogP contribution is -2.37. The summed E-state index contributed by atoms with van der Waals surface area (Å²) in [5, 5.41) is 0. The molecule has 0 aromatic heterocycles. The van der Waals surface area contributed by atoms with Crippen molar-refractivity contribution >= 4 is 13.8 Å². The number of hydrogen-bond donors (Lipinski definition) is 1. The molecule has 62 heavy (non-hydrogen) atoms. The number of hydrogen-bond acceptors (Lipinski definition) is 6. The fourth-order valence-electron chi connectivity index (χ4n) is 8.20. The Morgan fingerprint density at radius 2 is 0.742 bits per heavy atom. The number of unbranched alkanes of at least 4 members (excludes halogenated alkanes) is 38. The highest BCUT2D eigenvalue weighted by atomic mass is 31.2. The predicted octanol–water partition coefficient (Wildman–Crippen LogP) is 16.8. The molecule has 0 amide bonds. The summed E-state index contributed by atoms with van der Waals surface area (Å²) in [6, 6.07) is 0. The Morgan fingerprint density at radius 3 is 1.06 bits per heavy atom. The fourth-order valence-corrected chi connectivity index (χ4v) is 8.95. The van der Waals surface area contributed by atoms with Crippen molar-refractivity contribution in [1.82, 2.24) is 0 Å². The minimum absolute atomic E-state index is 0.0943. The maximum absolute atomic E-state index is 12.8. The number of esters is 1. The monoisotopic (exact) mass is 903 g/mol. The van der Waals surface area contributed by atoms with Crippen LogP contribution < -0.4 is 0 Å². The Kier molecular flexibility index (Phi) is 46.6. The molecule has 0 heterocycles. The first kappa shape index (κ1) is 61.5. The molecule has 0 saturated carbocycles. The summed E-state index contributed by atoms with van der Waals surface area (Å²) in [5.41, 5.74) is 0. The van der Waals surface area contributed by atoms with E-state index in [9.17, 15) is 14.3 Å². The molecule has 2 unspecified atom stereocenters. The molecule has 372 valence electrons. The molecule has 0 saturated heterocycles. The summed E-state index contributed by atoms with van der Waals surface area (Å²) in [6.45, 7) is 5.71. The van der Waals surface area contributed by atoms with Crippen molar-refractivity contribution in [3.63, 3.8) is 0 Å². The molecule has 9 heteroatoms. The van der Waals surface area contributed by atoms with Crippen LogP contribution in [0.4, 0.5) is 0 Å². The van der Waals surface area contributed by atoms with Crippen molar-refractivity contribution in [2.24, 2.45) is 0 Å². The summed E-state index contributed by atoms with van der Waals surface area (Å²) in [4.78, 5) is 23.0. The molecule has 1 N–H and O–H groups in total. The van der Waals surface area contributed by atoms with Crippen molar-refractivity contribution in [1.29, 1.82) is 0 Å². The zero-order valence-electron chi connectivity index (χ0n) is 42.4. The Labute approximate surface area is 387 Å². The van der Waals surface area contributed by atoms with Gasteiger partial charge in [0, 0.05) is 13.0 Å². The number of phosphoric acid groups is 1. The smallest absolute Gasteiger partial charge is 0.457 e. The van der Waals surface area contributed by atoms with Gasteiger partial charge in [-0.2, -0.15) is 0 Å². The fraction of sp³-hybridized carbons (Fsp3) is 0.981. The second-order valence-electron chi connectivity index (χ2n) is 20.0. The lowest BCUT2D eigenvalue weighted by atomic mass is 10.0. The van der Waals surface area contributed by atoms with E-state index in [0.717, 1.165) is 32.1 Å². The highest BCUT2D eigenvalue weighted by Gasteiger charge is 2.26. The molecule has 0 radical (unpaired) electrons. The van der Waals surface area contributed by atoms with Gasteiger partial charge in [-0.05, 0) is 12.8 Å². The molecule has 0 bridgehead atoms. The molecule has 0 aliphatic carbocycles. The summed E-state index contributed by atoms with van der Waals surface area (Å²) < 4.78 is 35.2. The van der Waals surface area contributed by atoms with Crippen molar-refractivity contribution in [3.05, 3.63) is 0 Å². The minimum atomic E-state index is -4.27. The van der Waals surface area contributed by atoms with Crippen LogP contribution in [-0.4, -0.2) is 75.6 Å². The van der Waals surface area contributed by atoms with Crippen LogP contribution >= 0.6 is 7.82 Å². The van der Waals surface area contributed by atoms with Crippen LogP contribution in [0, 0.1) is 0 Å². The molecule has 0 aromatic rings. The molecule has 8 nitrogen and oxygen atoms in total. The highest BCUT2D eigenvalue weighted by Crippen LogP contribution is 2.43. The van der Waals surface area contributed by atoms with E-state index >= 15 is 0 Å². The number of nitrogens with zero attached hydrogens (tertiary/aromatic N) is 1. The zero-order chi connectivity index (χ0) is 45.5. The van der Waals surface area contributed by atoms with Crippen LogP contribution in [0.1, 0.15) is 277 Å². The quantitative estimate of drug-likeness (QED) is 0.0281. The Bertz CT molecular complexity index is 961. The molecule has 0 rings (SSSR count). The molecule has 0 aromatic carbocycles. The van der Waals surface area contributed by atoms with Crippen molar-refractivity contribution in [2.45, 2.75) is 283 Å². The molecule has 0 spiro atoms. The van der Waals surface area contributed by atoms with Gasteiger partial charge < -0.3 is 18.9 Å². The van der Waals surface area contributed by atoms with Crippen LogP contribution in [-0.2, 0) is 27.9 Å². The van der Waals surface area contributed by atoms with E-state index in [-0.39, 0.29) is 25.8 Å². The van der Waals surface area contributed by atoms with Crippen LogP contribution in [0.15, 0.2) is 0 Å². The molecule has 0 aliphatic heterocycles. The average Bonchev–Trinajstić information content (AvgIpc) is 3.23. The largest absolute Gasteiger partial charge is 0.472 e. The van der Waals surface area contributed by atoms with Crippen LogP contribution in [0.3, 0.4) is 0 Å². The number of phosphoric ester groups is 1. The standard InChI is InChI=1S/C53H108NO7P/c1-6-8-10-12-14-16-18-20-22-24-25-26-27-28-29-30-31-32-34-36-38-40-42-44-46-53(55)61-52(51-60-62(56,57)59-49-47-54(3,4)5)50-58-48-45-43-41-39-37-35-33-23-21-19-17-15-13-11-9-7-2/h52H,6-51H2,1-5H3/p+1. The topological polar surface area (TPSA) is 91.3 Å². The van der Waals surface area contributed by atoms with Crippen LogP contribution in [0.25, 0.3) is 0 Å². The number of rotatable bonds is 52. The van der Waals surface area contributed by atoms with E-state index in [4.69, 9.17) is 18.5 Å². The molecule has 0 aliphatic rings. The number of ether oxygens (including phenoxy) is 2. The highest BCUT2D eigenvalue weighted by molar-refractivity contribution is 7.47. The lowest BCUT2D eigenvalue weighted by Gasteiger charge is -2.24. The maximum Gasteiger partial charge on any atom is 0.472 e. The van der Waals surface area contributed by atoms with Gasteiger partial charge in [0.15, 0.2) is 0 Å². The molecule has 0 fully saturated rings. The second-order valence-corrected chi connectivity index (χ2v) is 21.4. The van der Waals surface area contributed by atoms with Crippen molar-refractivity contribution < 1.29 is 37.3 Å². The normalized spacial score (nSPS) is 13.5. The van der Waals surface area contributed by atoms with E-state index in [1.165, 1.54) is 225 Å². The van der Waals surface area contributed by atoms with Crippen molar-refractivity contribution in [3.8, 4) is 0 Å². The SMILES string of the molecule is CCCCCCCCCCCCCCCCCCCCCCCCCCC(=O)OC(COCCCCCCCCCCCCCCCCCC)COP(=O)(O)OCC[N+](C)(C)C. The number of quaternary nitrogens is 1. The van der Waals surface area contributed by atoms with Gasteiger partial charge in [0.2, 0.25) is 0 Å². The van der Waals surface area contributed by atoms with Crippen molar-refractivity contribution in [2.75, 3.05) is 54.1 Å². The van der Waals surface area contributed by atoms with Gasteiger partial charge in [-0.15, -0.1) is 0 Å². The second kappa shape index (κ2) is 47.0. The first-order valence-electron chi connectivity index (χ1n) is 27.3. The summed E-state index contributed by atoms with van der Waals surface area (Å²) in [6.07, 6.45) is 53.0. The summed E-state index contributed by atoms with van der Waals surface area (Å²) in [7, 11) is 1.69. The van der Waals surface area contributed by atoms with Gasteiger partial charge in [0.1, 0.15) is 19.3 Å². The van der Waals surface area contributed by atoms with Crippen LogP contribution in [0.5, 0.6) is 0 Å². The van der Waals surface area contributed by atoms with Crippen LogP contribution in [0.2, 0.25) is 0 Å². The lowest BCUT2D eigenvalue weighted by molar-refractivity contribution is -0.870. The van der Waals surface area contributed by atoms with Gasteiger partial charge in [-0.3, -0.25) is 13.8 Å². The molecular formula is C53H109NO7P+. The Hall–Kier alpha value is -0.500. The van der Waals surface area contributed by atoms with Gasteiger partial charge in [0.05, 0.1) is 34.4 Å². The first-order valence-corrected chi connectivity index (χ1v) is 28.8. The Balaban J connectivity index is 4.02. The predicted molar refractivity (Wildman–Crippen MR) is 266 cm³/mol. The molecular weight excluding hydrogens is 794 g/mol. The number of likely N-dealkylation sites (N-methyl/N-ethyl adjacent to an activating group) is 1. The third-order valence-corrected chi connectivity index (χ3v) is 13.4. The average molecular weight is 903 g/mol. The Morgan fingerprint density at radius 1 is 0.435 bits per heavy atom. The van der Waals surface area contributed by atoms with Gasteiger partial charge >= 0.3 is 13.8 Å².